The van der Waals surface area contributed by atoms with E-state index in [0.29, 0.717) is 11.1 Å². The molecular formula is C20H21NO3S. The highest BCUT2D eigenvalue weighted by atomic mass is 32.2. The van der Waals surface area contributed by atoms with Crippen LogP contribution in [-0.4, -0.2) is 13.4 Å². The van der Waals surface area contributed by atoms with E-state index in [9.17, 15) is 8.42 Å². The zero-order valence-electron chi connectivity index (χ0n) is 14.8. The Morgan fingerprint density at radius 1 is 1.00 bits per heavy atom. The summed E-state index contributed by atoms with van der Waals surface area (Å²) in [7, 11) is -3.94. The van der Waals surface area contributed by atoms with E-state index in [2.05, 4.69) is 4.98 Å². The second kappa shape index (κ2) is 6.48. The fraction of sp³-hybridized carbons (Fsp3) is 0.250. The lowest BCUT2D eigenvalue weighted by atomic mass is 10.0. The average Bonchev–Trinajstić information content (AvgIpc) is 2.55. The van der Waals surface area contributed by atoms with Gasteiger partial charge in [0.1, 0.15) is 10.4 Å². The Bertz CT molecular complexity index is 1040. The molecule has 0 saturated heterocycles. The van der Waals surface area contributed by atoms with Crippen molar-refractivity contribution in [3.8, 4) is 5.75 Å². The summed E-state index contributed by atoms with van der Waals surface area (Å²) < 4.78 is 31.2. The first-order valence-corrected chi connectivity index (χ1v) is 9.60. The zero-order valence-corrected chi connectivity index (χ0v) is 15.6. The number of aryl methyl sites for hydroxylation is 2. The normalized spacial score (nSPS) is 11.9. The van der Waals surface area contributed by atoms with Crippen LogP contribution in [0.4, 0.5) is 0 Å². The van der Waals surface area contributed by atoms with E-state index in [4.69, 9.17) is 4.18 Å². The van der Waals surface area contributed by atoms with Crippen LogP contribution < -0.4 is 4.18 Å². The Morgan fingerprint density at radius 3 is 2.48 bits per heavy atom. The van der Waals surface area contributed by atoms with Crippen molar-refractivity contribution >= 4 is 21.0 Å². The SMILES string of the molecule is Cc1ccc2cccc(OS(=O)(=O)c3cc(C(C)C)ccc3C)c2n1. The Kier molecular flexibility index (Phi) is 4.52. The molecule has 3 rings (SSSR count). The van der Waals surface area contributed by atoms with Crippen LogP contribution in [-0.2, 0) is 10.1 Å². The molecule has 3 aromatic rings. The van der Waals surface area contributed by atoms with Crippen LogP contribution in [0.15, 0.2) is 53.4 Å². The highest BCUT2D eigenvalue weighted by Gasteiger charge is 2.22. The first-order valence-electron chi connectivity index (χ1n) is 8.19. The van der Waals surface area contributed by atoms with Crippen LogP contribution >= 0.6 is 0 Å². The summed E-state index contributed by atoms with van der Waals surface area (Å²) in [5.74, 6) is 0.479. The van der Waals surface area contributed by atoms with Gasteiger partial charge in [-0.1, -0.05) is 44.2 Å². The lowest BCUT2D eigenvalue weighted by Crippen LogP contribution is -2.12. The highest BCUT2D eigenvalue weighted by molar-refractivity contribution is 7.87. The maximum absolute atomic E-state index is 12.9. The van der Waals surface area contributed by atoms with Gasteiger partial charge in [0.15, 0.2) is 5.75 Å². The fourth-order valence-electron chi connectivity index (χ4n) is 2.69. The number of hydrogen-bond acceptors (Lipinski definition) is 4. The third-order valence-electron chi connectivity index (χ3n) is 4.17. The topological polar surface area (TPSA) is 56.3 Å². The average molecular weight is 355 g/mol. The van der Waals surface area contributed by atoms with Gasteiger partial charge in [-0.25, -0.2) is 4.98 Å². The number of aromatic nitrogens is 1. The van der Waals surface area contributed by atoms with Gasteiger partial charge in [-0.2, -0.15) is 8.42 Å². The summed E-state index contributed by atoms with van der Waals surface area (Å²) in [6.07, 6.45) is 0. The van der Waals surface area contributed by atoms with Gasteiger partial charge in [0.2, 0.25) is 0 Å². The highest BCUT2D eigenvalue weighted by Crippen LogP contribution is 2.29. The van der Waals surface area contributed by atoms with Crippen molar-refractivity contribution < 1.29 is 12.6 Å². The summed E-state index contributed by atoms with van der Waals surface area (Å²) in [5, 5.41) is 0.839. The van der Waals surface area contributed by atoms with E-state index in [1.54, 1.807) is 25.1 Å². The predicted molar refractivity (Wildman–Crippen MR) is 99.6 cm³/mol. The Balaban J connectivity index is 2.09. The van der Waals surface area contributed by atoms with Crippen molar-refractivity contribution in [2.24, 2.45) is 0 Å². The molecule has 0 N–H and O–H groups in total. The zero-order chi connectivity index (χ0) is 18.2. The van der Waals surface area contributed by atoms with Crippen molar-refractivity contribution in [1.29, 1.82) is 0 Å². The molecule has 0 amide bonds. The summed E-state index contributed by atoms with van der Waals surface area (Å²) >= 11 is 0. The Labute approximate surface area is 148 Å². The molecule has 0 unspecified atom stereocenters. The number of nitrogens with zero attached hydrogens (tertiary/aromatic N) is 1. The monoisotopic (exact) mass is 355 g/mol. The molecule has 0 aliphatic rings. The lowest BCUT2D eigenvalue weighted by molar-refractivity contribution is 0.487. The first kappa shape index (κ1) is 17.4. The van der Waals surface area contributed by atoms with Crippen molar-refractivity contribution in [2.45, 2.75) is 38.5 Å². The van der Waals surface area contributed by atoms with Crippen LogP contribution in [0.25, 0.3) is 10.9 Å². The molecule has 0 aliphatic heterocycles. The largest absolute Gasteiger partial charge is 0.377 e. The van der Waals surface area contributed by atoms with E-state index in [1.165, 1.54) is 0 Å². The number of benzene rings is 2. The molecule has 1 aromatic heterocycles. The molecule has 25 heavy (non-hydrogen) atoms. The molecule has 0 saturated carbocycles. The molecule has 0 spiro atoms. The Hall–Kier alpha value is -2.40. The predicted octanol–water partition coefficient (Wildman–Crippen LogP) is 4.74. The number of hydrogen-bond donors (Lipinski definition) is 0. The second-order valence-electron chi connectivity index (χ2n) is 6.50. The molecule has 1 heterocycles. The molecule has 0 aliphatic carbocycles. The van der Waals surface area contributed by atoms with Gasteiger partial charge >= 0.3 is 10.1 Å². The van der Waals surface area contributed by atoms with Gasteiger partial charge in [0.05, 0.1) is 0 Å². The summed E-state index contributed by atoms with van der Waals surface area (Å²) in [4.78, 5) is 4.63. The standard InChI is InChI=1S/C20H21NO3S/c1-13(2)17-10-8-14(3)19(12-17)25(22,23)24-18-7-5-6-16-11-9-15(4)21-20(16)18/h5-13H,1-4H3. The summed E-state index contributed by atoms with van der Waals surface area (Å²) in [6.45, 7) is 7.69. The Morgan fingerprint density at radius 2 is 1.76 bits per heavy atom. The molecule has 130 valence electrons. The minimum atomic E-state index is -3.94. The van der Waals surface area contributed by atoms with Crippen LogP contribution in [0.3, 0.4) is 0 Å². The van der Waals surface area contributed by atoms with Crippen molar-refractivity contribution in [2.75, 3.05) is 0 Å². The van der Waals surface area contributed by atoms with Gasteiger partial charge in [-0.15, -0.1) is 0 Å². The second-order valence-corrected chi connectivity index (χ2v) is 8.01. The first-order chi connectivity index (χ1) is 11.8. The third kappa shape index (κ3) is 3.51. The van der Waals surface area contributed by atoms with E-state index < -0.39 is 10.1 Å². The molecule has 5 heteroatoms. The van der Waals surface area contributed by atoms with Crippen LogP contribution in [0.1, 0.15) is 36.6 Å². The van der Waals surface area contributed by atoms with Gasteiger partial charge in [0, 0.05) is 11.1 Å². The van der Waals surface area contributed by atoms with Gasteiger partial charge in [0.25, 0.3) is 0 Å². The van der Waals surface area contributed by atoms with Crippen molar-refractivity contribution in [3.63, 3.8) is 0 Å². The molecule has 0 atom stereocenters. The molecule has 2 aromatic carbocycles. The minimum Gasteiger partial charge on any atom is -0.377 e. The number of rotatable bonds is 4. The van der Waals surface area contributed by atoms with Crippen molar-refractivity contribution in [3.05, 3.63) is 65.4 Å². The summed E-state index contributed by atoms with van der Waals surface area (Å²) in [6, 6.07) is 14.5. The number of pyridine rings is 1. The lowest BCUT2D eigenvalue weighted by Gasteiger charge is -2.13. The van der Waals surface area contributed by atoms with Crippen LogP contribution in [0.2, 0.25) is 0 Å². The maximum atomic E-state index is 12.9. The molecular weight excluding hydrogens is 334 g/mol. The van der Waals surface area contributed by atoms with Gasteiger partial charge < -0.3 is 4.18 Å². The van der Waals surface area contributed by atoms with Crippen LogP contribution in [0, 0.1) is 13.8 Å². The number of fused-ring (bicyclic) bond motifs is 1. The van der Waals surface area contributed by atoms with E-state index in [-0.39, 0.29) is 16.6 Å². The maximum Gasteiger partial charge on any atom is 0.339 e. The quantitative estimate of drug-likeness (QED) is 0.634. The van der Waals surface area contributed by atoms with E-state index in [1.807, 2.05) is 51.1 Å². The molecule has 0 radical (unpaired) electrons. The fourth-order valence-corrected chi connectivity index (χ4v) is 3.90. The van der Waals surface area contributed by atoms with Crippen LogP contribution in [0.5, 0.6) is 5.75 Å². The van der Waals surface area contributed by atoms with Gasteiger partial charge in [-0.05, 0) is 49.1 Å². The molecule has 4 nitrogen and oxygen atoms in total. The van der Waals surface area contributed by atoms with E-state index >= 15 is 0 Å². The summed E-state index contributed by atoms with van der Waals surface area (Å²) in [5.41, 5.74) is 2.97. The smallest absolute Gasteiger partial charge is 0.339 e. The molecule has 0 fully saturated rings. The van der Waals surface area contributed by atoms with Gasteiger partial charge in [-0.3, -0.25) is 0 Å². The van der Waals surface area contributed by atoms with Crippen molar-refractivity contribution in [1.82, 2.24) is 4.98 Å². The molecule has 0 bridgehead atoms. The minimum absolute atomic E-state index is 0.198. The third-order valence-corrected chi connectivity index (χ3v) is 5.55. The number of para-hydroxylation sites is 1. The van der Waals surface area contributed by atoms with E-state index in [0.717, 1.165) is 16.6 Å².